The fourth-order valence-corrected chi connectivity index (χ4v) is 2.65. The number of nitrogens with two attached hydrogens (primary N) is 4. The molecule has 18 nitrogen and oxygen atoms in total. The van der Waals surface area contributed by atoms with Crippen LogP contribution in [0.25, 0.3) is 0 Å². The Morgan fingerprint density at radius 3 is 1.55 bits per heavy atom. The highest BCUT2D eigenvalue weighted by Crippen LogP contribution is 2.29. The predicted octanol–water partition coefficient (Wildman–Crippen LogP) is -4.80. The number of carbonyl (C=O) groups excluding carboxylic acids is 4. The van der Waals surface area contributed by atoms with Crippen molar-refractivity contribution in [2.24, 2.45) is 23.6 Å². The van der Waals surface area contributed by atoms with Crippen LogP contribution in [0.5, 0.6) is 0 Å². The Kier molecular flexibility index (Phi) is 13.3. The van der Waals surface area contributed by atoms with Gasteiger partial charge in [-0.25, -0.2) is 42.8 Å². The molecular formula is C15H26N4O14. The molecule has 0 radical (unpaired) electrons. The van der Waals surface area contributed by atoms with Crippen molar-refractivity contribution in [1.29, 1.82) is 0 Å². The number of esters is 4. The van der Waals surface area contributed by atoms with Crippen LogP contribution < -0.4 is 23.6 Å². The van der Waals surface area contributed by atoms with Crippen LogP contribution in [0.3, 0.4) is 0 Å². The molecule has 0 aromatic rings. The van der Waals surface area contributed by atoms with E-state index in [0.717, 1.165) is 0 Å². The van der Waals surface area contributed by atoms with Crippen LogP contribution in [0, 0.1) is 0 Å². The van der Waals surface area contributed by atoms with Gasteiger partial charge in [0.15, 0.2) is 51.0 Å². The molecule has 5 atom stereocenters. The molecule has 0 aromatic heterocycles. The molecule has 1 heterocycles. The van der Waals surface area contributed by atoms with Gasteiger partial charge in [-0.2, -0.15) is 0 Å². The Balaban J connectivity index is 3.27. The molecule has 1 aliphatic heterocycles. The van der Waals surface area contributed by atoms with Gasteiger partial charge in [-0.1, -0.05) is 0 Å². The average Bonchev–Trinajstić information content (AvgIpc) is 2.76. The van der Waals surface area contributed by atoms with Crippen molar-refractivity contribution in [3.05, 3.63) is 0 Å². The molecule has 33 heavy (non-hydrogen) atoms. The summed E-state index contributed by atoms with van der Waals surface area (Å²) in [5, 5.41) is 0. The minimum atomic E-state index is -1.58. The molecule has 0 amide bonds. The minimum Gasteiger partial charge on any atom is -0.461 e. The zero-order valence-corrected chi connectivity index (χ0v) is 17.4. The second kappa shape index (κ2) is 15.3. The maximum absolute atomic E-state index is 12.1. The molecule has 8 N–H and O–H groups in total. The van der Waals surface area contributed by atoms with E-state index in [2.05, 4.69) is 19.4 Å². The van der Waals surface area contributed by atoms with Crippen molar-refractivity contribution in [3.63, 3.8) is 0 Å². The van der Waals surface area contributed by atoms with Crippen molar-refractivity contribution in [2.75, 3.05) is 40.1 Å². The van der Waals surface area contributed by atoms with Gasteiger partial charge >= 0.3 is 23.9 Å². The van der Waals surface area contributed by atoms with Crippen molar-refractivity contribution in [3.8, 4) is 0 Å². The van der Waals surface area contributed by atoms with Crippen LogP contribution in [-0.2, 0) is 66.9 Å². The first kappa shape index (κ1) is 28.5. The van der Waals surface area contributed by atoms with Crippen molar-refractivity contribution in [1.82, 2.24) is 0 Å². The third kappa shape index (κ3) is 9.47. The van der Waals surface area contributed by atoms with E-state index in [1.165, 1.54) is 7.11 Å². The molecule has 1 saturated heterocycles. The Bertz CT molecular complexity index is 652. The first-order valence-electron chi connectivity index (χ1n) is 9.00. The number of hydrogen-bond acceptors (Lipinski definition) is 18. The second-order valence-electron chi connectivity index (χ2n) is 6.07. The highest BCUT2D eigenvalue weighted by atomic mass is 16.7. The van der Waals surface area contributed by atoms with E-state index < -0.39 is 87.6 Å². The van der Waals surface area contributed by atoms with Crippen molar-refractivity contribution >= 4 is 23.9 Å². The lowest BCUT2D eigenvalue weighted by Gasteiger charge is -2.43. The average molecular weight is 486 g/mol. The summed E-state index contributed by atoms with van der Waals surface area (Å²) in [5.41, 5.74) is 0. The van der Waals surface area contributed by atoms with Gasteiger partial charge in [0.25, 0.3) is 0 Å². The Morgan fingerprint density at radius 2 is 1.09 bits per heavy atom. The maximum Gasteiger partial charge on any atom is 0.334 e. The predicted molar refractivity (Wildman–Crippen MR) is 96.8 cm³/mol. The van der Waals surface area contributed by atoms with Gasteiger partial charge in [-0.15, -0.1) is 0 Å². The van der Waals surface area contributed by atoms with E-state index in [1.807, 2.05) is 0 Å². The Hall–Kier alpha value is -2.52. The van der Waals surface area contributed by atoms with Crippen molar-refractivity contribution in [2.45, 2.75) is 30.7 Å². The van der Waals surface area contributed by atoms with E-state index in [1.54, 1.807) is 0 Å². The zero-order chi connectivity index (χ0) is 24.8. The van der Waals surface area contributed by atoms with E-state index in [4.69, 9.17) is 52.0 Å². The van der Waals surface area contributed by atoms with Crippen LogP contribution in [-0.4, -0.2) is 94.7 Å². The Labute approximate surface area is 186 Å². The quantitative estimate of drug-likeness (QED) is 0.102. The normalized spacial score (nSPS) is 24.6. The van der Waals surface area contributed by atoms with Gasteiger partial charge in [0, 0.05) is 7.11 Å². The van der Waals surface area contributed by atoms with Gasteiger partial charge < -0.3 is 28.4 Å². The summed E-state index contributed by atoms with van der Waals surface area (Å²) in [7, 11) is 1.17. The molecule has 18 heteroatoms. The Morgan fingerprint density at radius 1 is 0.667 bits per heavy atom. The van der Waals surface area contributed by atoms with E-state index in [9.17, 15) is 19.2 Å². The number of rotatable bonds is 14. The van der Waals surface area contributed by atoms with E-state index >= 15 is 0 Å². The molecule has 190 valence electrons. The lowest BCUT2D eigenvalue weighted by atomic mass is 9.98. The highest BCUT2D eigenvalue weighted by Gasteiger charge is 2.53. The molecular weight excluding hydrogens is 460 g/mol. The van der Waals surface area contributed by atoms with Crippen molar-refractivity contribution < 1.29 is 66.9 Å². The van der Waals surface area contributed by atoms with Gasteiger partial charge in [-0.3, -0.25) is 19.4 Å². The molecule has 0 unspecified atom stereocenters. The molecule has 1 rings (SSSR count). The number of hydrogen-bond donors (Lipinski definition) is 4. The first-order valence-corrected chi connectivity index (χ1v) is 9.00. The number of methoxy groups -OCH3 is 1. The molecule has 0 aromatic carbocycles. The summed E-state index contributed by atoms with van der Waals surface area (Å²) in [6, 6.07) is 0. The van der Waals surface area contributed by atoms with Crippen LogP contribution >= 0.6 is 0 Å². The van der Waals surface area contributed by atoms with Gasteiger partial charge in [-0.05, 0) is 0 Å². The lowest BCUT2D eigenvalue weighted by Crippen LogP contribution is -2.63. The van der Waals surface area contributed by atoms with Gasteiger partial charge in [0.1, 0.15) is 12.7 Å². The third-order valence-electron chi connectivity index (χ3n) is 3.84. The summed E-state index contributed by atoms with van der Waals surface area (Å²) in [6.07, 6.45) is -7.35. The van der Waals surface area contributed by atoms with Crippen LogP contribution in [0.4, 0.5) is 0 Å². The van der Waals surface area contributed by atoms with Crippen LogP contribution in [0.1, 0.15) is 0 Å². The minimum absolute atomic E-state index is 0.558. The molecule has 1 aliphatic rings. The molecule has 1 fully saturated rings. The molecule has 0 saturated carbocycles. The van der Waals surface area contributed by atoms with E-state index in [-0.39, 0.29) is 0 Å². The topological polar surface area (TPSA) is 265 Å². The van der Waals surface area contributed by atoms with Crippen LogP contribution in [0.15, 0.2) is 0 Å². The smallest absolute Gasteiger partial charge is 0.334 e. The number of ether oxygens (including phenoxy) is 6. The fourth-order valence-electron chi connectivity index (χ4n) is 2.65. The second-order valence-corrected chi connectivity index (χ2v) is 6.07. The van der Waals surface area contributed by atoms with Gasteiger partial charge in [0.05, 0.1) is 0 Å². The fraction of sp³-hybridized carbons (Fsp3) is 0.733. The molecule has 0 aliphatic carbocycles. The summed E-state index contributed by atoms with van der Waals surface area (Å²) in [4.78, 5) is 64.5. The van der Waals surface area contributed by atoms with Gasteiger partial charge in [0.2, 0.25) is 0 Å². The highest BCUT2D eigenvalue weighted by molar-refractivity contribution is 5.73. The standard InChI is InChI=1S/C15H26N4O14/c1-24-15-14(33-11(23)6-29-19)13(32-10(22)5-28-18)12(31-9(21)4-27-17)7(30-15)2-25-8(20)3-26-16/h7,12-15H,2-6,16-19H2,1H3/t7-,12-,13-,14+,15+/m1/s1. The summed E-state index contributed by atoms with van der Waals surface area (Å²) in [6.45, 7) is -3.28. The summed E-state index contributed by atoms with van der Waals surface area (Å²) >= 11 is 0. The largest absolute Gasteiger partial charge is 0.461 e. The maximum atomic E-state index is 12.1. The first-order chi connectivity index (χ1) is 15.8. The lowest BCUT2D eigenvalue weighted by molar-refractivity contribution is -0.304. The summed E-state index contributed by atoms with van der Waals surface area (Å²) in [5.74, 6) is 15.4. The molecule has 0 bridgehead atoms. The van der Waals surface area contributed by atoms with E-state index in [0.29, 0.717) is 0 Å². The zero-order valence-electron chi connectivity index (χ0n) is 17.4. The molecule has 0 spiro atoms. The monoisotopic (exact) mass is 486 g/mol. The van der Waals surface area contributed by atoms with Crippen LogP contribution in [0.2, 0.25) is 0 Å². The number of carbonyl (C=O) groups is 4. The third-order valence-corrected chi connectivity index (χ3v) is 3.84. The summed E-state index contributed by atoms with van der Waals surface area (Å²) < 4.78 is 31.3. The SMILES string of the molecule is CO[C@H]1O[C@H](COC(=O)CON)[C@@H](OC(=O)CON)[C@@H](OC(=O)CON)[C@@H]1OC(=O)CON.